The van der Waals surface area contributed by atoms with E-state index in [-0.39, 0.29) is 12.6 Å². The molecule has 1 unspecified atom stereocenters. The molecule has 0 aromatic heterocycles. The molecule has 0 aliphatic heterocycles. The van der Waals surface area contributed by atoms with Crippen molar-refractivity contribution in [1.82, 2.24) is 5.32 Å². The Hall–Kier alpha value is -1.42. The van der Waals surface area contributed by atoms with Gasteiger partial charge < -0.3 is 10.1 Å². The van der Waals surface area contributed by atoms with Gasteiger partial charge in [-0.3, -0.25) is 0 Å². The van der Waals surface area contributed by atoms with Crippen molar-refractivity contribution >= 4 is 15.9 Å². The summed E-state index contributed by atoms with van der Waals surface area (Å²) in [7, 11) is 0. The summed E-state index contributed by atoms with van der Waals surface area (Å²) in [6.45, 7) is 3.02. The van der Waals surface area contributed by atoms with E-state index in [1.807, 2.05) is 18.2 Å². The predicted molar refractivity (Wildman–Crippen MR) is 78.2 cm³/mol. The highest BCUT2D eigenvalue weighted by atomic mass is 79.9. The standard InChI is InChI=1S/C15H16BrNO/c1-4-6-12(3)17-11-13-10-14(16)7-8-15(13)18-9-5-2/h1-2,7-8,10,12,17H,6,9,11H2,3H3. The Kier molecular flexibility index (Phi) is 6.36. The smallest absolute Gasteiger partial charge is 0.148 e. The zero-order valence-electron chi connectivity index (χ0n) is 10.4. The van der Waals surface area contributed by atoms with Crippen LogP contribution < -0.4 is 10.1 Å². The number of halogens is 1. The normalized spacial score (nSPS) is 11.3. The summed E-state index contributed by atoms with van der Waals surface area (Å²) in [5, 5.41) is 3.35. The van der Waals surface area contributed by atoms with Crippen LogP contribution in [0.3, 0.4) is 0 Å². The quantitative estimate of drug-likeness (QED) is 0.816. The summed E-state index contributed by atoms with van der Waals surface area (Å²) in [6, 6.07) is 6.13. The molecule has 0 amide bonds. The Morgan fingerprint density at radius 3 is 2.83 bits per heavy atom. The number of ether oxygens (including phenoxy) is 1. The monoisotopic (exact) mass is 305 g/mol. The average Bonchev–Trinajstić information content (AvgIpc) is 2.35. The number of rotatable bonds is 6. The molecule has 1 rings (SSSR count). The van der Waals surface area contributed by atoms with Crippen molar-refractivity contribution in [2.24, 2.45) is 0 Å². The lowest BCUT2D eigenvalue weighted by Gasteiger charge is -2.14. The molecule has 3 heteroatoms. The van der Waals surface area contributed by atoms with E-state index in [1.54, 1.807) is 0 Å². The zero-order valence-corrected chi connectivity index (χ0v) is 12.0. The fourth-order valence-electron chi connectivity index (χ4n) is 1.48. The van der Waals surface area contributed by atoms with Crippen LogP contribution in [-0.4, -0.2) is 12.6 Å². The average molecular weight is 306 g/mol. The highest BCUT2D eigenvalue weighted by Gasteiger charge is 2.06. The molecule has 0 saturated heterocycles. The van der Waals surface area contributed by atoms with Crippen LogP contribution in [0.15, 0.2) is 22.7 Å². The summed E-state index contributed by atoms with van der Waals surface area (Å²) < 4.78 is 6.51. The number of hydrogen-bond donors (Lipinski definition) is 1. The van der Waals surface area contributed by atoms with E-state index in [9.17, 15) is 0 Å². The van der Waals surface area contributed by atoms with Crippen molar-refractivity contribution in [2.45, 2.75) is 25.9 Å². The molecule has 1 atom stereocenters. The lowest BCUT2D eigenvalue weighted by molar-refractivity contribution is 0.363. The van der Waals surface area contributed by atoms with E-state index in [1.165, 1.54) is 0 Å². The van der Waals surface area contributed by atoms with Gasteiger partial charge in [0.2, 0.25) is 0 Å². The second kappa shape index (κ2) is 7.82. The van der Waals surface area contributed by atoms with E-state index in [0.717, 1.165) is 15.8 Å². The summed E-state index contributed by atoms with van der Waals surface area (Å²) in [4.78, 5) is 0. The minimum atomic E-state index is 0.272. The first-order chi connectivity index (χ1) is 8.67. The van der Waals surface area contributed by atoms with E-state index in [4.69, 9.17) is 17.6 Å². The van der Waals surface area contributed by atoms with E-state index in [2.05, 4.69) is 40.0 Å². The van der Waals surface area contributed by atoms with Crippen molar-refractivity contribution in [3.63, 3.8) is 0 Å². The van der Waals surface area contributed by atoms with Crippen molar-refractivity contribution in [1.29, 1.82) is 0 Å². The Balaban J connectivity index is 2.70. The maximum atomic E-state index is 5.50. The molecule has 0 heterocycles. The van der Waals surface area contributed by atoms with Gasteiger partial charge in [-0.05, 0) is 25.1 Å². The van der Waals surface area contributed by atoms with Crippen LogP contribution in [-0.2, 0) is 6.54 Å². The molecule has 1 aromatic rings. The molecular formula is C15H16BrNO. The molecule has 2 nitrogen and oxygen atoms in total. The van der Waals surface area contributed by atoms with Gasteiger partial charge in [0.15, 0.2) is 0 Å². The lowest BCUT2D eigenvalue weighted by atomic mass is 10.1. The summed E-state index contributed by atoms with van der Waals surface area (Å²) in [5.41, 5.74) is 1.06. The lowest BCUT2D eigenvalue weighted by Crippen LogP contribution is -2.25. The minimum Gasteiger partial charge on any atom is -0.481 e. The number of nitrogens with one attached hydrogen (secondary N) is 1. The molecule has 1 N–H and O–H groups in total. The maximum Gasteiger partial charge on any atom is 0.148 e. The Morgan fingerprint density at radius 1 is 1.39 bits per heavy atom. The van der Waals surface area contributed by atoms with Crippen molar-refractivity contribution < 1.29 is 4.74 Å². The topological polar surface area (TPSA) is 21.3 Å². The van der Waals surface area contributed by atoms with Crippen LogP contribution in [0.25, 0.3) is 0 Å². The molecule has 0 aliphatic rings. The van der Waals surface area contributed by atoms with Gasteiger partial charge in [0.1, 0.15) is 12.4 Å². The Bertz CT molecular complexity index is 470. The van der Waals surface area contributed by atoms with Gasteiger partial charge in [-0.2, -0.15) is 0 Å². The highest BCUT2D eigenvalue weighted by molar-refractivity contribution is 9.10. The van der Waals surface area contributed by atoms with E-state index >= 15 is 0 Å². The number of terminal acetylenes is 2. The van der Waals surface area contributed by atoms with Crippen LogP contribution in [0.4, 0.5) is 0 Å². The molecule has 1 aromatic carbocycles. The Morgan fingerprint density at radius 2 is 2.17 bits per heavy atom. The van der Waals surface area contributed by atoms with Crippen LogP contribution in [0, 0.1) is 24.7 Å². The van der Waals surface area contributed by atoms with Gasteiger partial charge in [0, 0.05) is 29.0 Å². The largest absolute Gasteiger partial charge is 0.481 e. The fourth-order valence-corrected chi connectivity index (χ4v) is 1.89. The second-order valence-corrected chi connectivity index (χ2v) is 4.85. The molecule has 0 saturated carbocycles. The van der Waals surface area contributed by atoms with Gasteiger partial charge in [0.25, 0.3) is 0 Å². The van der Waals surface area contributed by atoms with Crippen LogP contribution in [0.1, 0.15) is 18.9 Å². The molecule has 94 valence electrons. The first-order valence-electron chi connectivity index (χ1n) is 5.69. The fraction of sp³-hybridized carbons (Fsp3) is 0.333. The molecule has 0 radical (unpaired) electrons. The predicted octanol–water partition coefficient (Wildman–Crippen LogP) is 2.96. The Labute approximate surface area is 117 Å². The van der Waals surface area contributed by atoms with Crippen molar-refractivity contribution in [2.75, 3.05) is 6.61 Å². The molecule has 0 spiro atoms. The molecule has 0 aliphatic carbocycles. The van der Waals surface area contributed by atoms with Gasteiger partial charge in [-0.15, -0.1) is 18.8 Å². The first-order valence-corrected chi connectivity index (χ1v) is 6.48. The third kappa shape index (κ3) is 4.84. The van der Waals surface area contributed by atoms with Crippen LogP contribution >= 0.6 is 15.9 Å². The van der Waals surface area contributed by atoms with Crippen molar-refractivity contribution in [3.8, 4) is 30.4 Å². The highest BCUT2D eigenvalue weighted by Crippen LogP contribution is 2.23. The van der Waals surface area contributed by atoms with E-state index in [0.29, 0.717) is 13.0 Å². The number of hydrogen-bond acceptors (Lipinski definition) is 2. The van der Waals surface area contributed by atoms with Gasteiger partial charge in [-0.1, -0.05) is 21.9 Å². The van der Waals surface area contributed by atoms with Crippen LogP contribution in [0.2, 0.25) is 0 Å². The SMILES string of the molecule is C#CCOc1ccc(Br)cc1CNC(C)CC#C. The molecule has 0 fully saturated rings. The van der Waals surface area contributed by atoms with Gasteiger partial charge >= 0.3 is 0 Å². The first kappa shape index (κ1) is 14.6. The molecule has 0 bridgehead atoms. The van der Waals surface area contributed by atoms with Crippen molar-refractivity contribution in [3.05, 3.63) is 28.2 Å². The van der Waals surface area contributed by atoms with Gasteiger partial charge in [-0.25, -0.2) is 0 Å². The van der Waals surface area contributed by atoms with E-state index < -0.39 is 0 Å². The van der Waals surface area contributed by atoms with Gasteiger partial charge in [0.05, 0.1) is 0 Å². The molecular weight excluding hydrogens is 290 g/mol. The zero-order chi connectivity index (χ0) is 13.4. The third-order valence-corrected chi connectivity index (χ3v) is 2.89. The minimum absolute atomic E-state index is 0.272. The third-order valence-electron chi connectivity index (χ3n) is 2.40. The summed E-state index contributed by atoms with van der Waals surface area (Å²) >= 11 is 3.45. The maximum absolute atomic E-state index is 5.50. The summed E-state index contributed by atoms with van der Waals surface area (Å²) in [5.74, 6) is 5.90. The summed E-state index contributed by atoms with van der Waals surface area (Å²) in [6.07, 6.45) is 11.2. The molecule has 18 heavy (non-hydrogen) atoms. The number of benzene rings is 1. The van der Waals surface area contributed by atoms with Crippen LogP contribution in [0.5, 0.6) is 5.75 Å². The second-order valence-electron chi connectivity index (χ2n) is 3.94.